The normalized spacial score (nSPS) is 9.29. The predicted octanol–water partition coefficient (Wildman–Crippen LogP) is -0.759. The van der Waals surface area contributed by atoms with E-state index in [0.29, 0.717) is 35.3 Å². The van der Waals surface area contributed by atoms with Crippen LogP contribution in [0.3, 0.4) is 0 Å². The highest BCUT2D eigenvalue weighted by Gasteiger charge is 2.26. The first-order chi connectivity index (χ1) is 10.6. The average Bonchev–Trinajstić information content (AvgIpc) is 2.51. The summed E-state index contributed by atoms with van der Waals surface area (Å²) in [5.41, 5.74) is 3.30. The Bertz CT molecular complexity index is 716. The van der Waals surface area contributed by atoms with Gasteiger partial charge in [0.15, 0.2) is 4.98 Å². The number of hydrogen-bond acceptors (Lipinski definition) is 4. The molecule has 2 aromatic carbocycles. The van der Waals surface area contributed by atoms with Crippen molar-refractivity contribution in [2.45, 2.75) is 25.7 Å². The lowest BCUT2D eigenvalue weighted by Gasteiger charge is -2.14. The van der Waals surface area contributed by atoms with E-state index in [-0.39, 0.29) is 24.8 Å². The van der Waals surface area contributed by atoms with Gasteiger partial charge in [0.05, 0.1) is 24.2 Å². The summed E-state index contributed by atoms with van der Waals surface area (Å²) in [5.74, 6) is 1.07. The molecule has 130 valence electrons. The second kappa shape index (κ2) is 10.3. The molecule has 0 heterocycles. The summed E-state index contributed by atoms with van der Waals surface area (Å²) in [7, 11) is 0. The molecule has 0 amide bonds. The summed E-state index contributed by atoms with van der Waals surface area (Å²) in [6, 6.07) is 9.76. The van der Waals surface area contributed by atoms with Crippen LogP contribution in [0.4, 0.5) is 5.69 Å². The van der Waals surface area contributed by atoms with Crippen LogP contribution in [0, 0.1) is 12.3 Å². The number of halogens is 2. The van der Waals surface area contributed by atoms with Gasteiger partial charge in [-0.3, -0.25) is 0 Å². The Kier molecular flexibility index (Phi) is 9.60. The van der Waals surface area contributed by atoms with Crippen LogP contribution in [-0.2, 0) is 0 Å². The highest BCUT2D eigenvalue weighted by Crippen LogP contribution is 2.47. The van der Waals surface area contributed by atoms with Gasteiger partial charge in [0.1, 0.15) is 5.75 Å². The van der Waals surface area contributed by atoms with Gasteiger partial charge >= 0.3 is 5.69 Å². The first-order valence-corrected chi connectivity index (χ1v) is 7.64. The number of nitrogens with zero attached hydrogens (tertiary/aromatic N) is 2. The number of aryl methyl sites for hydroxylation is 1. The van der Waals surface area contributed by atoms with Crippen LogP contribution in [-0.4, -0.2) is 13.2 Å². The van der Waals surface area contributed by atoms with Crippen LogP contribution in [0.2, 0.25) is 0 Å². The van der Waals surface area contributed by atoms with Crippen LogP contribution in [0.15, 0.2) is 35.2 Å². The average molecular weight is 386 g/mol. The van der Waals surface area contributed by atoms with Gasteiger partial charge in [-0.05, 0) is 26.3 Å². The van der Waals surface area contributed by atoms with Crippen molar-refractivity contribution in [3.8, 4) is 22.6 Å². The third-order valence-electron chi connectivity index (χ3n) is 3.24. The molecular weight excluding hydrogens is 367 g/mol. The molecule has 0 fully saturated rings. The Morgan fingerprint density at radius 1 is 1.04 bits per heavy atom. The Morgan fingerprint density at radius 3 is 2.12 bits per heavy atom. The third kappa shape index (κ3) is 4.70. The van der Waals surface area contributed by atoms with Crippen LogP contribution >= 0.6 is 12.6 Å². The zero-order valence-corrected chi connectivity index (χ0v) is 16.1. The maximum Gasteiger partial charge on any atom is 0.431 e. The van der Waals surface area contributed by atoms with Crippen molar-refractivity contribution in [1.82, 2.24) is 0 Å². The molecule has 0 saturated heterocycles. The van der Waals surface area contributed by atoms with Gasteiger partial charge in [-0.2, -0.15) is 0 Å². The van der Waals surface area contributed by atoms with Crippen molar-refractivity contribution in [2.75, 3.05) is 13.2 Å². The molecule has 7 heteroatoms. The van der Waals surface area contributed by atoms with E-state index in [0.717, 1.165) is 11.1 Å². The zero-order chi connectivity index (χ0) is 16.1. The first-order valence-electron chi connectivity index (χ1n) is 7.20. The summed E-state index contributed by atoms with van der Waals surface area (Å²) in [6.07, 6.45) is 0. The van der Waals surface area contributed by atoms with Gasteiger partial charge < -0.3 is 34.3 Å². The van der Waals surface area contributed by atoms with Crippen molar-refractivity contribution in [3.05, 3.63) is 40.9 Å². The SMILES string of the molecule is CCOc1cc([N+]#N)c(OCC)c(S)c1-c1ccc(C)cc1.[Cl-].[Cl-]. The van der Waals surface area contributed by atoms with Gasteiger partial charge in [0.25, 0.3) is 0 Å². The summed E-state index contributed by atoms with van der Waals surface area (Å²) in [5, 5.41) is 9.22. The van der Waals surface area contributed by atoms with Crippen molar-refractivity contribution < 1.29 is 34.3 Å². The smallest absolute Gasteiger partial charge is 0.431 e. The van der Waals surface area contributed by atoms with E-state index in [2.05, 4.69) is 17.6 Å². The minimum Gasteiger partial charge on any atom is -1.00 e. The number of rotatable bonds is 5. The molecule has 0 aliphatic heterocycles. The topological polar surface area (TPSA) is 46.6 Å². The van der Waals surface area contributed by atoms with Gasteiger partial charge in [0.2, 0.25) is 11.1 Å². The summed E-state index contributed by atoms with van der Waals surface area (Å²) in [6.45, 7) is 6.77. The molecular formula is C17H19Cl2N2O2S-. The molecule has 0 spiro atoms. The molecule has 0 unspecified atom stereocenters. The van der Waals surface area contributed by atoms with E-state index in [1.165, 1.54) is 5.56 Å². The minimum atomic E-state index is 0. The summed E-state index contributed by atoms with van der Waals surface area (Å²) in [4.78, 5) is 3.89. The molecule has 2 rings (SSSR count). The summed E-state index contributed by atoms with van der Waals surface area (Å²) < 4.78 is 11.3. The molecule has 4 nitrogen and oxygen atoms in total. The van der Waals surface area contributed by atoms with Crippen LogP contribution < -0.4 is 34.3 Å². The molecule has 0 bridgehead atoms. The van der Waals surface area contributed by atoms with E-state index < -0.39 is 0 Å². The second-order valence-electron chi connectivity index (χ2n) is 4.78. The zero-order valence-electron chi connectivity index (χ0n) is 13.7. The van der Waals surface area contributed by atoms with Gasteiger partial charge in [-0.1, -0.05) is 29.8 Å². The Labute approximate surface area is 160 Å². The van der Waals surface area contributed by atoms with E-state index >= 15 is 0 Å². The predicted molar refractivity (Wildman–Crippen MR) is 90.9 cm³/mol. The maximum atomic E-state index is 9.22. The first kappa shape index (κ1) is 22.4. The van der Waals surface area contributed by atoms with E-state index in [1.807, 2.05) is 45.0 Å². The van der Waals surface area contributed by atoms with Gasteiger partial charge in [-0.15, -0.1) is 12.6 Å². The monoisotopic (exact) mass is 385 g/mol. The lowest BCUT2D eigenvalue weighted by Crippen LogP contribution is -3.00. The van der Waals surface area contributed by atoms with E-state index in [4.69, 9.17) is 9.47 Å². The highest BCUT2D eigenvalue weighted by atomic mass is 35.5. The lowest BCUT2D eigenvalue weighted by molar-refractivity contribution is -0.00100. The third-order valence-corrected chi connectivity index (χ3v) is 3.66. The Hall–Kier alpha value is -1.61. The molecule has 24 heavy (non-hydrogen) atoms. The number of hydrogen-bond donors (Lipinski definition) is 1. The molecule has 0 aromatic heterocycles. The Balaban J connectivity index is 0.00000264. The standard InChI is InChI=1S/C17H18N2O2S.2ClH/c1-4-20-14-10-13(19-18)16(21-5-2)17(22)15(14)12-8-6-11(3)7-9-12;;/h6-10H,4-5H2,1-3H3;2*1H/p-1. The molecule has 0 N–H and O–H groups in total. The van der Waals surface area contributed by atoms with E-state index in [9.17, 15) is 5.39 Å². The quantitative estimate of drug-likeness (QED) is 0.543. The fraction of sp³-hybridized carbons (Fsp3) is 0.294. The molecule has 2 aromatic rings. The highest BCUT2D eigenvalue weighted by molar-refractivity contribution is 7.80. The van der Waals surface area contributed by atoms with Crippen molar-refractivity contribution >= 4 is 18.3 Å². The van der Waals surface area contributed by atoms with Crippen LogP contribution in [0.1, 0.15) is 19.4 Å². The van der Waals surface area contributed by atoms with Crippen molar-refractivity contribution in [1.29, 1.82) is 5.39 Å². The second-order valence-corrected chi connectivity index (χ2v) is 5.23. The van der Waals surface area contributed by atoms with Gasteiger partial charge in [-0.25, -0.2) is 0 Å². The number of diazo groups is 1. The fourth-order valence-electron chi connectivity index (χ4n) is 2.24. The summed E-state index contributed by atoms with van der Waals surface area (Å²) >= 11 is 4.59. The lowest BCUT2D eigenvalue weighted by atomic mass is 10.0. The van der Waals surface area contributed by atoms with Crippen molar-refractivity contribution in [2.24, 2.45) is 0 Å². The van der Waals surface area contributed by atoms with Gasteiger partial charge in [0, 0.05) is 5.56 Å². The number of thiol groups is 1. The largest absolute Gasteiger partial charge is 1.00 e. The molecule has 0 aliphatic carbocycles. The minimum absolute atomic E-state index is 0. The van der Waals surface area contributed by atoms with E-state index in [1.54, 1.807) is 6.07 Å². The van der Waals surface area contributed by atoms with Crippen LogP contribution in [0.25, 0.3) is 16.1 Å². The molecule has 0 atom stereocenters. The number of ether oxygens (including phenoxy) is 2. The maximum absolute atomic E-state index is 9.22. The van der Waals surface area contributed by atoms with Crippen LogP contribution in [0.5, 0.6) is 11.5 Å². The molecule has 0 saturated carbocycles. The fourth-order valence-corrected chi connectivity index (χ4v) is 2.66. The van der Waals surface area contributed by atoms with Crippen molar-refractivity contribution in [3.63, 3.8) is 0 Å². The molecule has 0 radical (unpaired) electrons. The number of benzene rings is 2. The molecule has 0 aliphatic rings. The Morgan fingerprint density at radius 2 is 1.62 bits per heavy atom.